The molecule has 2 rings (SSSR count). The summed E-state index contributed by atoms with van der Waals surface area (Å²) in [6, 6.07) is 0.536. The van der Waals surface area contributed by atoms with Crippen LogP contribution in [0, 0.1) is 23.7 Å². The molecule has 2 heteroatoms. The molecule has 0 heterocycles. The molecule has 0 saturated heterocycles. The first kappa shape index (κ1) is 13.4. The summed E-state index contributed by atoms with van der Waals surface area (Å²) in [6.07, 6.45) is 6.00. The van der Waals surface area contributed by atoms with Gasteiger partial charge in [0.1, 0.15) is 0 Å². The molecule has 0 amide bonds. The molecular formula is C15H29NO. The highest BCUT2D eigenvalue weighted by Gasteiger charge is 2.39. The van der Waals surface area contributed by atoms with E-state index in [0.717, 1.165) is 31.0 Å². The second kappa shape index (κ2) is 6.19. The Labute approximate surface area is 107 Å². The Bertz CT molecular complexity index is 229. The second-order valence-corrected chi connectivity index (χ2v) is 6.35. The molecule has 4 unspecified atom stereocenters. The van der Waals surface area contributed by atoms with Gasteiger partial charge in [0.25, 0.3) is 0 Å². The minimum absolute atomic E-state index is 0.536. The van der Waals surface area contributed by atoms with Gasteiger partial charge in [-0.3, -0.25) is 0 Å². The van der Waals surface area contributed by atoms with E-state index in [1.165, 1.54) is 32.2 Å². The topological polar surface area (TPSA) is 21.3 Å². The van der Waals surface area contributed by atoms with Crippen LogP contribution in [-0.4, -0.2) is 25.8 Å². The van der Waals surface area contributed by atoms with Crippen molar-refractivity contribution in [1.82, 2.24) is 5.32 Å². The highest BCUT2D eigenvalue weighted by molar-refractivity contribution is 4.91. The molecule has 17 heavy (non-hydrogen) atoms. The SMILES string of the molecule is CCOCC(NCC1CC2CCC1C2)C(C)C. The van der Waals surface area contributed by atoms with Crippen LogP contribution in [0.3, 0.4) is 0 Å². The number of nitrogens with one attached hydrogen (secondary N) is 1. The van der Waals surface area contributed by atoms with Crippen LogP contribution in [0.15, 0.2) is 0 Å². The van der Waals surface area contributed by atoms with Crippen molar-refractivity contribution in [3.05, 3.63) is 0 Å². The summed E-state index contributed by atoms with van der Waals surface area (Å²) in [7, 11) is 0. The molecule has 2 bridgehead atoms. The van der Waals surface area contributed by atoms with Crippen molar-refractivity contribution in [2.24, 2.45) is 23.7 Å². The minimum Gasteiger partial charge on any atom is -0.380 e. The standard InChI is InChI=1S/C15H29NO/c1-4-17-10-15(11(2)3)16-9-14-8-12-5-6-13(14)7-12/h11-16H,4-10H2,1-3H3. The van der Waals surface area contributed by atoms with E-state index in [1.54, 1.807) is 0 Å². The van der Waals surface area contributed by atoms with Gasteiger partial charge in [-0.2, -0.15) is 0 Å². The van der Waals surface area contributed by atoms with Gasteiger partial charge in [-0.15, -0.1) is 0 Å². The predicted octanol–water partition coefficient (Wildman–Crippen LogP) is 3.07. The van der Waals surface area contributed by atoms with Crippen LogP contribution in [0.2, 0.25) is 0 Å². The van der Waals surface area contributed by atoms with E-state index in [2.05, 4.69) is 26.1 Å². The maximum Gasteiger partial charge on any atom is 0.0621 e. The lowest BCUT2D eigenvalue weighted by Crippen LogP contribution is -2.41. The summed E-state index contributed by atoms with van der Waals surface area (Å²) >= 11 is 0. The Hall–Kier alpha value is -0.0800. The third kappa shape index (κ3) is 3.45. The fourth-order valence-corrected chi connectivity index (χ4v) is 3.66. The van der Waals surface area contributed by atoms with E-state index in [1.807, 2.05) is 0 Å². The van der Waals surface area contributed by atoms with E-state index < -0.39 is 0 Å². The van der Waals surface area contributed by atoms with Crippen molar-refractivity contribution in [3.63, 3.8) is 0 Å². The number of hydrogen-bond acceptors (Lipinski definition) is 2. The van der Waals surface area contributed by atoms with Crippen molar-refractivity contribution in [3.8, 4) is 0 Å². The first-order valence-corrected chi connectivity index (χ1v) is 7.51. The summed E-state index contributed by atoms with van der Waals surface area (Å²) in [4.78, 5) is 0. The van der Waals surface area contributed by atoms with Gasteiger partial charge in [-0.1, -0.05) is 20.3 Å². The first-order valence-electron chi connectivity index (χ1n) is 7.51. The summed E-state index contributed by atoms with van der Waals surface area (Å²) in [6.45, 7) is 9.58. The van der Waals surface area contributed by atoms with E-state index in [4.69, 9.17) is 4.74 Å². The van der Waals surface area contributed by atoms with Gasteiger partial charge in [0.15, 0.2) is 0 Å². The van der Waals surface area contributed by atoms with Crippen LogP contribution < -0.4 is 5.32 Å². The lowest BCUT2D eigenvalue weighted by Gasteiger charge is -2.27. The van der Waals surface area contributed by atoms with Gasteiger partial charge < -0.3 is 10.1 Å². The minimum atomic E-state index is 0.536. The molecule has 0 radical (unpaired) electrons. The Morgan fingerprint density at radius 3 is 2.59 bits per heavy atom. The van der Waals surface area contributed by atoms with Crippen molar-refractivity contribution < 1.29 is 4.74 Å². The fraction of sp³-hybridized carbons (Fsp3) is 1.00. The molecule has 4 atom stereocenters. The Morgan fingerprint density at radius 1 is 1.24 bits per heavy atom. The van der Waals surface area contributed by atoms with Gasteiger partial charge in [-0.05, 0) is 56.4 Å². The van der Waals surface area contributed by atoms with Crippen LogP contribution in [0.1, 0.15) is 46.5 Å². The van der Waals surface area contributed by atoms with Crippen molar-refractivity contribution >= 4 is 0 Å². The Morgan fingerprint density at radius 2 is 2.06 bits per heavy atom. The smallest absolute Gasteiger partial charge is 0.0621 e. The zero-order valence-corrected chi connectivity index (χ0v) is 11.7. The molecule has 0 aromatic carbocycles. The number of rotatable bonds is 7. The second-order valence-electron chi connectivity index (χ2n) is 6.35. The summed E-state index contributed by atoms with van der Waals surface area (Å²) in [5.41, 5.74) is 0. The zero-order valence-electron chi connectivity index (χ0n) is 11.7. The van der Waals surface area contributed by atoms with E-state index >= 15 is 0 Å². The molecule has 0 aromatic heterocycles. The maximum absolute atomic E-state index is 5.57. The fourth-order valence-electron chi connectivity index (χ4n) is 3.66. The molecule has 1 N–H and O–H groups in total. The summed E-state index contributed by atoms with van der Waals surface area (Å²) in [5, 5.41) is 3.76. The largest absolute Gasteiger partial charge is 0.380 e. The molecule has 2 aliphatic carbocycles. The summed E-state index contributed by atoms with van der Waals surface area (Å²) < 4.78 is 5.57. The predicted molar refractivity (Wildman–Crippen MR) is 72.1 cm³/mol. The molecule has 2 fully saturated rings. The van der Waals surface area contributed by atoms with Crippen molar-refractivity contribution in [2.45, 2.75) is 52.5 Å². The van der Waals surface area contributed by atoms with Gasteiger partial charge in [0.2, 0.25) is 0 Å². The molecule has 2 nitrogen and oxygen atoms in total. The van der Waals surface area contributed by atoms with Gasteiger partial charge >= 0.3 is 0 Å². The van der Waals surface area contributed by atoms with E-state index in [-0.39, 0.29) is 0 Å². The zero-order chi connectivity index (χ0) is 12.3. The molecule has 0 aliphatic heterocycles. The van der Waals surface area contributed by atoms with E-state index in [9.17, 15) is 0 Å². The van der Waals surface area contributed by atoms with Crippen LogP contribution in [0.4, 0.5) is 0 Å². The average molecular weight is 239 g/mol. The van der Waals surface area contributed by atoms with E-state index in [0.29, 0.717) is 12.0 Å². The van der Waals surface area contributed by atoms with Crippen LogP contribution in [0.5, 0.6) is 0 Å². The molecule has 2 aliphatic rings. The van der Waals surface area contributed by atoms with Gasteiger partial charge in [0, 0.05) is 12.6 Å². The lowest BCUT2D eigenvalue weighted by molar-refractivity contribution is 0.105. The van der Waals surface area contributed by atoms with Crippen LogP contribution >= 0.6 is 0 Å². The third-order valence-corrected chi connectivity index (χ3v) is 4.83. The summed E-state index contributed by atoms with van der Waals surface area (Å²) in [5.74, 6) is 3.72. The average Bonchev–Trinajstić information content (AvgIpc) is 2.90. The first-order chi connectivity index (χ1) is 8.20. The molecule has 0 aromatic rings. The maximum atomic E-state index is 5.57. The number of fused-ring (bicyclic) bond motifs is 2. The monoisotopic (exact) mass is 239 g/mol. The third-order valence-electron chi connectivity index (χ3n) is 4.83. The normalized spacial score (nSPS) is 33.5. The lowest BCUT2D eigenvalue weighted by atomic mass is 9.88. The molecule has 2 saturated carbocycles. The van der Waals surface area contributed by atoms with Crippen LogP contribution in [-0.2, 0) is 4.74 Å². The number of hydrogen-bond donors (Lipinski definition) is 1. The highest BCUT2D eigenvalue weighted by Crippen LogP contribution is 2.47. The Balaban J connectivity index is 1.71. The quantitative estimate of drug-likeness (QED) is 0.737. The van der Waals surface area contributed by atoms with Gasteiger partial charge in [-0.25, -0.2) is 0 Å². The molecule has 100 valence electrons. The van der Waals surface area contributed by atoms with Crippen molar-refractivity contribution in [1.29, 1.82) is 0 Å². The molecular weight excluding hydrogens is 210 g/mol. The highest BCUT2D eigenvalue weighted by atomic mass is 16.5. The molecule has 0 spiro atoms. The Kier molecular flexibility index (Phi) is 4.87. The van der Waals surface area contributed by atoms with Crippen molar-refractivity contribution in [2.75, 3.05) is 19.8 Å². The van der Waals surface area contributed by atoms with Crippen LogP contribution in [0.25, 0.3) is 0 Å². The number of ether oxygens (including phenoxy) is 1. The van der Waals surface area contributed by atoms with Gasteiger partial charge in [0.05, 0.1) is 6.61 Å².